The third-order valence-electron chi connectivity index (χ3n) is 3.99. The molecule has 2 amide bonds. The van der Waals surface area contributed by atoms with Gasteiger partial charge in [0.2, 0.25) is 5.91 Å². The Kier molecular flexibility index (Phi) is 5.49. The summed E-state index contributed by atoms with van der Waals surface area (Å²) >= 11 is 0. The molecule has 0 atom stereocenters. The van der Waals surface area contributed by atoms with Gasteiger partial charge >= 0.3 is 6.18 Å². The van der Waals surface area contributed by atoms with E-state index < -0.39 is 23.6 Å². The summed E-state index contributed by atoms with van der Waals surface area (Å²) in [5, 5.41) is 0.911. The number of fused-ring (bicyclic) bond motifs is 1. The number of rotatable bonds is 4. The van der Waals surface area contributed by atoms with Crippen LogP contribution in [0.5, 0.6) is 0 Å². The van der Waals surface area contributed by atoms with Gasteiger partial charge in [-0.1, -0.05) is 30.3 Å². The maximum absolute atomic E-state index is 12.7. The quantitative estimate of drug-likeness (QED) is 0.473. The third-order valence-corrected chi connectivity index (χ3v) is 3.99. The van der Waals surface area contributed by atoms with Crippen molar-refractivity contribution >= 4 is 28.8 Å². The average molecular weight is 387 g/mol. The standard InChI is InChI=1S/C20H16F3N3O2/c21-20(22,23)15-5-3-4-13(10-15)8-9-18(27)25-26-19(28)11-14-12-24-17-7-2-1-6-16(14)17/h1-10,12,24H,11H2,(H,25,27)(H,26,28). The molecule has 3 aromatic rings. The highest BCUT2D eigenvalue weighted by Crippen LogP contribution is 2.29. The van der Waals surface area contributed by atoms with E-state index in [0.717, 1.165) is 34.7 Å². The summed E-state index contributed by atoms with van der Waals surface area (Å²) < 4.78 is 38.0. The number of hydrazine groups is 1. The SMILES string of the molecule is O=C(C=Cc1cccc(C(F)(F)F)c1)NNC(=O)Cc1c[nH]c2ccccc12. The van der Waals surface area contributed by atoms with Gasteiger partial charge in [-0.3, -0.25) is 20.4 Å². The number of hydrogen-bond acceptors (Lipinski definition) is 2. The van der Waals surface area contributed by atoms with Gasteiger partial charge in [0.25, 0.3) is 5.91 Å². The Hall–Kier alpha value is -3.55. The van der Waals surface area contributed by atoms with Crippen LogP contribution in [0.25, 0.3) is 17.0 Å². The number of aromatic amines is 1. The fraction of sp³-hybridized carbons (Fsp3) is 0.100. The van der Waals surface area contributed by atoms with Gasteiger partial charge in [-0.15, -0.1) is 0 Å². The zero-order chi connectivity index (χ0) is 20.1. The van der Waals surface area contributed by atoms with Crippen LogP contribution in [0.15, 0.2) is 60.8 Å². The highest BCUT2D eigenvalue weighted by atomic mass is 19.4. The Morgan fingerprint density at radius 1 is 1.04 bits per heavy atom. The maximum Gasteiger partial charge on any atom is 0.416 e. The lowest BCUT2D eigenvalue weighted by Gasteiger charge is -2.07. The number of amides is 2. The number of aromatic nitrogens is 1. The summed E-state index contributed by atoms with van der Waals surface area (Å²) in [5.41, 5.74) is 5.57. The van der Waals surface area contributed by atoms with E-state index in [1.165, 1.54) is 18.2 Å². The van der Waals surface area contributed by atoms with Crippen LogP contribution >= 0.6 is 0 Å². The predicted molar refractivity (Wildman–Crippen MR) is 98.8 cm³/mol. The molecule has 1 heterocycles. The molecule has 5 nitrogen and oxygen atoms in total. The lowest BCUT2D eigenvalue weighted by Crippen LogP contribution is -2.41. The number of hydrogen-bond donors (Lipinski definition) is 3. The van der Waals surface area contributed by atoms with Crippen LogP contribution in [-0.4, -0.2) is 16.8 Å². The second kappa shape index (κ2) is 7.99. The highest BCUT2D eigenvalue weighted by molar-refractivity contribution is 5.94. The summed E-state index contributed by atoms with van der Waals surface area (Å²) in [4.78, 5) is 26.8. The summed E-state index contributed by atoms with van der Waals surface area (Å²) in [6.45, 7) is 0. The van der Waals surface area contributed by atoms with Crippen molar-refractivity contribution in [2.24, 2.45) is 0 Å². The third kappa shape index (κ3) is 4.79. The Morgan fingerprint density at radius 2 is 1.82 bits per heavy atom. The average Bonchev–Trinajstić information content (AvgIpc) is 3.07. The van der Waals surface area contributed by atoms with E-state index in [-0.39, 0.29) is 12.0 Å². The Bertz CT molecular complexity index is 1040. The van der Waals surface area contributed by atoms with Gasteiger partial charge in [-0.2, -0.15) is 13.2 Å². The Morgan fingerprint density at radius 3 is 2.61 bits per heavy atom. The number of carbonyl (C=O) groups excluding carboxylic acids is 2. The molecule has 3 N–H and O–H groups in total. The fourth-order valence-corrected chi connectivity index (χ4v) is 2.66. The number of para-hydroxylation sites is 1. The molecule has 1 aromatic heterocycles. The van der Waals surface area contributed by atoms with Gasteiger partial charge < -0.3 is 4.98 Å². The zero-order valence-corrected chi connectivity index (χ0v) is 14.5. The van der Waals surface area contributed by atoms with Crippen molar-refractivity contribution in [2.45, 2.75) is 12.6 Å². The second-order valence-electron chi connectivity index (χ2n) is 6.03. The predicted octanol–water partition coefficient (Wildman–Crippen LogP) is 3.59. The molecule has 144 valence electrons. The molecular weight excluding hydrogens is 371 g/mol. The summed E-state index contributed by atoms with van der Waals surface area (Å²) in [6.07, 6.45) is -0.401. The number of alkyl halides is 3. The van der Waals surface area contributed by atoms with Crippen LogP contribution in [0.2, 0.25) is 0 Å². The first kappa shape index (κ1) is 19.2. The van der Waals surface area contributed by atoms with Crippen molar-refractivity contribution in [1.29, 1.82) is 0 Å². The van der Waals surface area contributed by atoms with Crippen LogP contribution in [-0.2, 0) is 22.2 Å². The van der Waals surface area contributed by atoms with Crippen molar-refractivity contribution in [3.8, 4) is 0 Å². The molecule has 0 aliphatic heterocycles. The van der Waals surface area contributed by atoms with Crippen molar-refractivity contribution < 1.29 is 22.8 Å². The molecule has 0 spiro atoms. The molecule has 2 aromatic carbocycles. The van der Waals surface area contributed by atoms with E-state index in [9.17, 15) is 22.8 Å². The Labute approximate surface area is 158 Å². The highest BCUT2D eigenvalue weighted by Gasteiger charge is 2.30. The topological polar surface area (TPSA) is 74.0 Å². The molecule has 0 saturated carbocycles. The number of nitrogens with one attached hydrogen (secondary N) is 3. The maximum atomic E-state index is 12.7. The molecule has 0 saturated heterocycles. The summed E-state index contributed by atoms with van der Waals surface area (Å²) in [5.74, 6) is -1.09. The van der Waals surface area contributed by atoms with Crippen molar-refractivity contribution in [1.82, 2.24) is 15.8 Å². The summed E-state index contributed by atoms with van der Waals surface area (Å²) in [7, 11) is 0. The Balaban J connectivity index is 1.54. The van der Waals surface area contributed by atoms with Crippen molar-refractivity contribution in [3.63, 3.8) is 0 Å². The number of carbonyl (C=O) groups is 2. The molecule has 0 bridgehead atoms. The molecule has 0 aliphatic carbocycles. The van der Waals surface area contributed by atoms with Crippen LogP contribution in [0.4, 0.5) is 13.2 Å². The number of H-pyrrole nitrogens is 1. The smallest absolute Gasteiger partial charge is 0.361 e. The van der Waals surface area contributed by atoms with E-state index >= 15 is 0 Å². The molecule has 0 radical (unpaired) electrons. The van der Waals surface area contributed by atoms with E-state index in [0.29, 0.717) is 0 Å². The van der Waals surface area contributed by atoms with Crippen LogP contribution in [0.3, 0.4) is 0 Å². The second-order valence-corrected chi connectivity index (χ2v) is 6.03. The molecule has 0 fully saturated rings. The fourth-order valence-electron chi connectivity index (χ4n) is 2.66. The van der Waals surface area contributed by atoms with E-state index in [2.05, 4.69) is 15.8 Å². The first-order chi connectivity index (χ1) is 13.3. The molecular formula is C20H16F3N3O2. The lowest BCUT2D eigenvalue weighted by molar-refractivity contribution is -0.137. The van der Waals surface area contributed by atoms with E-state index in [4.69, 9.17) is 0 Å². The minimum atomic E-state index is -4.46. The lowest BCUT2D eigenvalue weighted by atomic mass is 10.1. The van der Waals surface area contributed by atoms with E-state index in [1.54, 1.807) is 6.20 Å². The van der Waals surface area contributed by atoms with Gasteiger partial charge in [-0.25, -0.2) is 0 Å². The van der Waals surface area contributed by atoms with Crippen LogP contribution < -0.4 is 10.9 Å². The van der Waals surface area contributed by atoms with E-state index in [1.807, 2.05) is 24.3 Å². The van der Waals surface area contributed by atoms with Gasteiger partial charge in [0.1, 0.15) is 0 Å². The van der Waals surface area contributed by atoms with Crippen LogP contribution in [0, 0.1) is 0 Å². The molecule has 0 aliphatic rings. The van der Waals surface area contributed by atoms with Crippen molar-refractivity contribution in [2.75, 3.05) is 0 Å². The van der Waals surface area contributed by atoms with Crippen LogP contribution in [0.1, 0.15) is 16.7 Å². The molecule has 3 rings (SSSR count). The summed E-state index contributed by atoms with van der Waals surface area (Å²) in [6, 6.07) is 12.1. The monoisotopic (exact) mass is 387 g/mol. The largest absolute Gasteiger partial charge is 0.416 e. The zero-order valence-electron chi connectivity index (χ0n) is 14.5. The van der Waals surface area contributed by atoms with Gasteiger partial charge in [-0.05, 0) is 35.4 Å². The molecule has 28 heavy (non-hydrogen) atoms. The first-order valence-electron chi connectivity index (χ1n) is 8.32. The number of benzene rings is 2. The van der Waals surface area contributed by atoms with Crippen molar-refractivity contribution in [3.05, 3.63) is 77.5 Å². The minimum Gasteiger partial charge on any atom is -0.361 e. The molecule has 8 heteroatoms. The molecule has 0 unspecified atom stereocenters. The normalized spacial score (nSPS) is 11.7. The van der Waals surface area contributed by atoms with Gasteiger partial charge in [0.05, 0.1) is 12.0 Å². The van der Waals surface area contributed by atoms with Gasteiger partial charge in [0, 0.05) is 23.2 Å². The minimum absolute atomic E-state index is 0.0572. The number of halogens is 3. The first-order valence-corrected chi connectivity index (χ1v) is 8.32. The van der Waals surface area contributed by atoms with Gasteiger partial charge in [0.15, 0.2) is 0 Å².